The van der Waals surface area contributed by atoms with Crippen molar-refractivity contribution in [1.82, 2.24) is 0 Å². The molecular formula is C30H52O2. The van der Waals surface area contributed by atoms with Gasteiger partial charge in [0.2, 0.25) is 0 Å². The van der Waals surface area contributed by atoms with Crippen LogP contribution in [0.3, 0.4) is 0 Å². The molecule has 0 unspecified atom stereocenters. The predicted molar refractivity (Wildman–Crippen MR) is 132 cm³/mol. The molecular weight excluding hydrogens is 392 g/mol. The van der Waals surface area contributed by atoms with Gasteiger partial charge in [0, 0.05) is 12.0 Å². The molecule has 5 aliphatic rings. The minimum absolute atomic E-state index is 0.0816. The summed E-state index contributed by atoms with van der Waals surface area (Å²) in [7, 11) is 0. The van der Waals surface area contributed by atoms with Gasteiger partial charge >= 0.3 is 0 Å². The van der Waals surface area contributed by atoms with Crippen LogP contribution in [0, 0.1) is 56.2 Å². The Labute approximate surface area is 198 Å². The molecule has 5 saturated carbocycles. The molecule has 0 aromatic rings. The Hall–Kier alpha value is -0.0800. The van der Waals surface area contributed by atoms with Gasteiger partial charge in [-0.1, -0.05) is 48.5 Å². The van der Waals surface area contributed by atoms with E-state index in [4.69, 9.17) is 0 Å². The Kier molecular flexibility index (Phi) is 5.17. The van der Waals surface area contributed by atoms with Gasteiger partial charge in [-0.2, -0.15) is 0 Å². The van der Waals surface area contributed by atoms with Gasteiger partial charge in [-0.15, -0.1) is 0 Å². The summed E-state index contributed by atoms with van der Waals surface area (Å²) in [6, 6.07) is 0. The minimum Gasteiger partial charge on any atom is -0.396 e. The Bertz CT molecular complexity index is 760. The zero-order valence-corrected chi connectivity index (χ0v) is 22.3. The lowest BCUT2D eigenvalue weighted by molar-refractivity contribution is -0.278. The van der Waals surface area contributed by atoms with E-state index < -0.39 is 0 Å². The van der Waals surface area contributed by atoms with Crippen LogP contribution in [0.15, 0.2) is 0 Å². The fourth-order valence-corrected chi connectivity index (χ4v) is 11.5. The van der Waals surface area contributed by atoms with Crippen LogP contribution in [0.4, 0.5) is 0 Å². The zero-order chi connectivity index (χ0) is 23.4. The van der Waals surface area contributed by atoms with E-state index in [9.17, 15) is 10.2 Å². The highest BCUT2D eigenvalue weighted by atomic mass is 16.3. The summed E-state index contributed by atoms with van der Waals surface area (Å²) in [5.74, 6) is 2.46. The largest absolute Gasteiger partial charge is 0.396 e. The van der Waals surface area contributed by atoms with Gasteiger partial charge in [0.15, 0.2) is 0 Å². The molecule has 5 fully saturated rings. The summed E-state index contributed by atoms with van der Waals surface area (Å²) >= 11 is 0. The molecule has 0 heterocycles. The lowest BCUT2D eigenvalue weighted by Gasteiger charge is -2.75. The summed E-state index contributed by atoms with van der Waals surface area (Å²) in [5, 5.41) is 22.1. The lowest BCUT2D eigenvalue weighted by Crippen LogP contribution is -2.69. The van der Waals surface area contributed by atoms with Crippen LogP contribution in [0.2, 0.25) is 0 Å². The monoisotopic (exact) mass is 444 g/mol. The topological polar surface area (TPSA) is 40.5 Å². The second-order valence-corrected chi connectivity index (χ2v) is 15.4. The molecule has 0 aromatic carbocycles. The predicted octanol–water partition coefficient (Wildman–Crippen LogP) is 7.22. The molecule has 10 atom stereocenters. The lowest BCUT2D eigenvalue weighted by atomic mass is 9.30. The third kappa shape index (κ3) is 2.78. The number of fused-ring (bicyclic) bond motifs is 7. The number of aliphatic hydroxyl groups excluding tert-OH is 2. The maximum absolute atomic E-state index is 11.3. The van der Waals surface area contributed by atoms with Crippen molar-refractivity contribution < 1.29 is 10.2 Å². The quantitative estimate of drug-likeness (QED) is 0.448. The summed E-state index contributed by atoms with van der Waals surface area (Å²) in [5.41, 5.74) is 1.79. The molecule has 0 saturated heterocycles. The summed E-state index contributed by atoms with van der Waals surface area (Å²) in [6.07, 6.45) is 13.8. The number of rotatable bonds is 1. The fraction of sp³-hybridized carbons (Fsp3) is 1.00. The smallest absolute Gasteiger partial charge is 0.0571 e. The van der Waals surface area contributed by atoms with Gasteiger partial charge in [-0.3, -0.25) is 0 Å². The van der Waals surface area contributed by atoms with Crippen molar-refractivity contribution in [1.29, 1.82) is 0 Å². The molecule has 5 aliphatic carbocycles. The summed E-state index contributed by atoms with van der Waals surface area (Å²) < 4.78 is 0. The molecule has 0 amide bonds. The van der Waals surface area contributed by atoms with E-state index in [2.05, 4.69) is 48.5 Å². The van der Waals surface area contributed by atoms with Crippen LogP contribution in [0.1, 0.15) is 119 Å². The molecule has 0 radical (unpaired) electrons. The maximum Gasteiger partial charge on any atom is 0.0571 e. The van der Waals surface area contributed by atoms with Crippen LogP contribution < -0.4 is 0 Å². The Morgan fingerprint density at radius 3 is 2.06 bits per heavy atom. The van der Waals surface area contributed by atoms with Crippen LogP contribution in [-0.4, -0.2) is 22.9 Å². The van der Waals surface area contributed by atoms with Crippen molar-refractivity contribution in [2.24, 2.45) is 56.2 Å². The number of aliphatic hydroxyl groups is 2. The minimum atomic E-state index is -0.128. The highest BCUT2D eigenvalue weighted by Crippen LogP contribution is 2.78. The Balaban J connectivity index is 1.57. The van der Waals surface area contributed by atoms with E-state index >= 15 is 0 Å². The van der Waals surface area contributed by atoms with E-state index in [1.807, 2.05) is 0 Å². The molecule has 2 nitrogen and oxygen atoms in total. The van der Waals surface area contributed by atoms with Crippen molar-refractivity contribution in [3.63, 3.8) is 0 Å². The zero-order valence-electron chi connectivity index (χ0n) is 22.3. The van der Waals surface area contributed by atoms with E-state index in [0.29, 0.717) is 40.6 Å². The van der Waals surface area contributed by atoms with Crippen LogP contribution in [-0.2, 0) is 0 Å². The van der Waals surface area contributed by atoms with Crippen LogP contribution >= 0.6 is 0 Å². The summed E-state index contributed by atoms with van der Waals surface area (Å²) in [6.45, 7) is 18.1. The Morgan fingerprint density at radius 2 is 1.38 bits per heavy atom. The van der Waals surface area contributed by atoms with Crippen molar-refractivity contribution >= 4 is 0 Å². The van der Waals surface area contributed by atoms with Gasteiger partial charge in [0.25, 0.3) is 0 Å². The first-order valence-corrected chi connectivity index (χ1v) is 14.1. The second kappa shape index (κ2) is 6.99. The highest BCUT2D eigenvalue weighted by molar-refractivity contribution is 5.20. The first-order valence-electron chi connectivity index (χ1n) is 14.1. The average Bonchev–Trinajstić information content (AvgIpc) is 2.73. The third-order valence-corrected chi connectivity index (χ3v) is 13.9. The van der Waals surface area contributed by atoms with Gasteiger partial charge in [0.1, 0.15) is 0 Å². The first kappa shape index (κ1) is 23.7. The van der Waals surface area contributed by atoms with Crippen molar-refractivity contribution in [3.05, 3.63) is 0 Å². The molecule has 0 bridgehead atoms. The van der Waals surface area contributed by atoms with E-state index in [-0.39, 0.29) is 22.3 Å². The van der Waals surface area contributed by atoms with E-state index in [1.54, 1.807) is 0 Å². The number of hydrogen-bond donors (Lipinski definition) is 2. The average molecular weight is 445 g/mol. The van der Waals surface area contributed by atoms with E-state index in [0.717, 1.165) is 12.3 Å². The molecule has 32 heavy (non-hydrogen) atoms. The Morgan fingerprint density at radius 1 is 0.688 bits per heavy atom. The molecule has 0 aromatic heterocycles. The second-order valence-electron chi connectivity index (χ2n) is 15.4. The molecule has 5 rings (SSSR count). The third-order valence-electron chi connectivity index (χ3n) is 13.9. The van der Waals surface area contributed by atoms with Crippen molar-refractivity contribution in [2.75, 3.05) is 6.61 Å². The SMILES string of the molecule is C[C@H]1[C@@H](O)CC[C@@H]2[C@]1(C)CC[C@H]1[C@@]2(C)CC[C@@]2(C)[C@@H]3CC(C)(C)CC[C@]3(C)CC[C@]12CO. The van der Waals surface area contributed by atoms with Crippen molar-refractivity contribution in [3.8, 4) is 0 Å². The summed E-state index contributed by atoms with van der Waals surface area (Å²) in [4.78, 5) is 0. The number of hydrogen-bond acceptors (Lipinski definition) is 2. The van der Waals surface area contributed by atoms with Gasteiger partial charge in [-0.05, 0) is 121 Å². The standard InChI is InChI=1S/C30H52O2/c1-20-21(32)8-9-22-27(20,5)11-10-23-28(22,6)15-16-29(7)24-18-25(2,3)12-13-26(24,4)14-17-30(23,29)19-31/h20-24,31-32H,8-19H2,1-7H3/t20-,21-,22+,23-,24+,26+,27+,28-,29-,30-/m0/s1. The first-order chi connectivity index (χ1) is 14.8. The van der Waals surface area contributed by atoms with Crippen LogP contribution in [0.5, 0.6) is 0 Å². The normalized spacial score (nSPS) is 59.3. The molecule has 2 N–H and O–H groups in total. The highest BCUT2D eigenvalue weighted by Gasteiger charge is 2.72. The van der Waals surface area contributed by atoms with Crippen LogP contribution in [0.25, 0.3) is 0 Å². The van der Waals surface area contributed by atoms with Gasteiger partial charge in [0.05, 0.1) is 6.10 Å². The van der Waals surface area contributed by atoms with Gasteiger partial charge < -0.3 is 10.2 Å². The van der Waals surface area contributed by atoms with Crippen molar-refractivity contribution in [2.45, 2.75) is 125 Å². The molecule has 0 spiro atoms. The fourth-order valence-electron chi connectivity index (χ4n) is 11.5. The molecule has 2 heteroatoms. The maximum atomic E-state index is 11.3. The van der Waals surface area contributed by atoms with Gasteiger partial charge in [-0.25, -0.2) is 0 Å². The van der Waals surface area contributed by atoms with E-state index in [1.165, 1.54) is 64.2 Å². The molecule has 0 aliphatic heterocycles. The molecule has 184 valence electrons.